The summed E-state index contributed by atoms with van der Waals surface area (Å²) < 4.78 is 0. The van der Waals surface area contributed by atoms with Gasteiger partial charge in [0.15, 0.2) is 0 Å². The molecule has 0 saturated carbocycles. The molecular weight excluding hydrogens is 244 g/mol. The van der Waals surface area contributed by atoms with Crippen molar-refractivity contribution in [3.63, 3.8) is 0 Å². The molecule has 94 valence electrons. The molecule has 1 saturated heterocycles. The first kappa shape index (κ1) is 12.3. The number of H-pyrrole nitrogens is 1. The van der Waals surface area contributed by atoms with Gasteiger partial charge in [-0.3, -0.25) is 9.69 Å². The van der Waals surface area contributed by atoms with Crippen molar-refractivity contribution in [2.75, 3.05) is 44.2 Å². The highest BCUT2D eigenvalue weighted by Gasteiger charge is 2.20. The molecule has 1 aromatic rings. The molecule has 0 bridgehead atoms. The predicted molar refractivity (Wildman–Crippen MR) is 65.6 cm³/mol. The minimum Gasteiger partial charge on any atom is -0.395 e. The Morgan fingerprint density at radius 3 is 2.71 bits per heavy atom. The summed E-state index contributed by atoms with van der Waals surface area (Å²) in [4.78, 5) is 15.8. The molecule has 0 radical (unpaired) electrons. The van der Waals surface area contributed by atoms with Crippen LogP contribution in [0.5, 0.6) is 0 Å². The highest BCUT2D eigenvalue weighted by molar-refractivity contribution is 6.33. The van der Waals surface area contributed by atoms with E-state index in [0.717, 1.165) is 26.2 Å². The van der Waals surface area contributed by atoms with Gasteiger partial charge in [0.25, 0.3) is 5.56 Å². The molecule has 0 amide bonds. The van der Waals surface area contributed by atoms with E-state index >= 15 is 0 Å². The Bertz CT molecular complexity index is 429. The zero-order chi connectivity index (χ0) is 12.3. The molecule has 0 aromatic carbocycles. The van der Waals surface area contributed by atoms with Crippen LogP contribution in [0, 0.1) is 0 Å². The monoisotopic (exact) mass is 258 g/mol. The van der Waals surface area contributed by atoms with Crippen molar-refractivity contribution in [3.8, 4) is 0 Å². The van der Waals surface area contributed by atoms with Crippen LogP contribution in [0.15, 0.2) is 11.0 Å². The molecule has 1 fully saturated rings. The maximum atomic E-state index is 11.6. The van der Waals surface area contributed by atoms with Crippen LogP contribution in [0.2, 0.25) is 5.02 Å². The summed E-state index contributed by atoms with van der Waals surface area (Å²) in [5.74, 6) is 0. The number of piperazine rings is 1. The lowest BCUT2D eigenvalue weighted by molar-refractivity contribution is 0.188. The third kappa shape index (κ3) is 2.77. The van der Waals surface area contributed by atoms with Gasteiger partial charge in [0.1, 0.15) is 5.69 Å². The summed E-state index contributed by atoms with van der Waals surface area (Å²) in [6.07, 6.45) is 1.44. The van der Waals surface area contributed by atoms with E-state index in [-0.39, 0.29) is 12.2 Å². The Morgan fingerprint density at radius 1 is 1.41 bits per heavy atom. The standard InChI is InChI=1S/C10H15ClN4O2/c11-8-7-12-13-10(17)9(8)15-3-1-14(2-4-15)5-6-16/h7,16H,1-6H2,(H,13,17). The first-order valence-electron chi connectivity index (χ1n) is 5.53. The van der Waals surface area contributed by atoms with Crippen molar-refractivity contribution in [1.82, 2.24) is 15.1 Å². The molecule has 0 spiro atoms. The van der Waals surface area contributed by atoms with Gasteiger partial charge in [-0.15, -0.1) is 0 Å². The Kier molecular flexibility index (Phi) is 3.98. The van der Waals surface area contributed by atoms with Crippen molar-refractivity contribution in [3.05, 3.63) is 21.6 Å². The van der Waals surface area contributed by atoms with Crippen LogP contribution in [0.1, 0.15) is 0 Å². The average Bonchev–Trinajstić information content (AvgIpc) is 2.31. The van der Waals surface area contributed by atoms with Crippen LogP contribution >= 0.6 is 11.6 Å². The topological polar surface area (TPSA) is 72.5 Å². The second-order valence-corrected chi connectivity index (χ2v) is 4.36. The smallest absolute Gasteiger partial charge is 0.289 e. The number of hydrogen-bond acceptors (Lipinski definition) is 5. The van der Waals surface area contributed by atoms with Crippen molar-refractivity contribution in [1.29, 1.82) is 0 Å². The molecule has 7 heteroatoms. The van der Waals surface area contributed by atoms with Crippen molar-refractivity contribution < 1.29 is 5.11 Å². The number of β-amino-alcohol motifs (C(OH)–C–C–N with tert-alkyl or cyclic N) is 1. The maximum absolute atomic E-state index is 11.6. The van der Waals surface area contributed by atoms with E-state index < -0.39 is 0 Å². The quantitative estimate of drug-likeness (QED) is 0.768. The first-order chi connectivity index (χ1) is 8.22. The SMILES string of the molecule is O=c1[nH]ncc(Cl)c1N1CCN(CCO)CC1. The highest BCUT2D eigenvalue weighted by atomic mass is 35.5. The predicted octanol–water partition coefficient (Wildman–Crippen LogP) is -0.462. The fourth-order valence-corrected chi connectivity index (χ4v) is 2.26. The Hall–Kier alpha value is -1.11. The van der Waals surface area contributed by atoms with Gasteiger partial charge in [-0.1, -0.05) is 11.6 Å². The number of hydrogen-bond donors (Lipinski definition) is 2. The molecule has 17 heavy (non-hydrogen) atoms. The molecule has 1 aromatic heterocycles. The molecule has 0 aliphatic carbocycles. The second kappa shape index (κ2) is 5.48. The van der Waals surface area contributed by atoms with Gasteiger partial charge in [-0.25, -0.2) is 5.10 Å². The summed E-state index contributed by atoms with van der Waals surface area (Å²) in [5, 5.41) is 15.3. The fourth-order valence-electron chi connectivity index (χ4n) is 2.00. The van der Waals surface area contributed by atoms with Crippen molar-refractivity contribution in [2.24, 2.45) is 0 Å². The lowest BCUT2D eigenvalue weighted by Crippen LogP contribution is -2.48. The number of aliphatic hydroxyl groups excluding tert-OH is 1. The van der Waals surface area contributed by atoms with Gasteiger partial charge in [0.2, 0.25) is 0 Å². The van der Waals surface area contributed by atoms with E-state index in [9.17, 15) is 4.79 Å². The number of nitrogens with zero attached hydrogens (tertiary/aromatic N) is 3. The Balaban J connectivity index is 2.08. The number of aromatic nitrogens is 2. The van der Waals surface area contributed by atoms with Crippen molar-refractivity contribution in [2.45, 2.75) is 0 Å². The number of anilines is 1. The minimum absolute atomic E-state index is 0.163. The molecule has 2 heterocycles. The number of halogens is 1. The highest BCUT2D eigenvalue weighted by Crippen LogP contribution is 2.20. The number of aliphatic hydroxyl groups is 1. The summed E-state index contributed by atoms with van der Waals surface area (Å²) in [5.41, 5.74) is 0.235. The van der Waals surface area contributed by atoms with Gasteiger partial charge < -0.3 is 10.0 Å². The zero-order valence-corrected chi connectivity index (χ0v) is 10.2. The molecule has 0 unspecified atom stereocenters. The summed E-state index contributed by atoms with van der Waals surface area (Å²) in [6.45, 7) is 3.93. The van der Waals surface area contributed by atoms with Gasteiger partial charge in [0, 0.05) is 32.7 Å². The van der Waals surface area contributed by atoms with E-state index in [0.29, 0.717) is 17.3 Å². The summed E-state index contributed by atoms with van der Waals surface area (Å²) >= 11 is 5.98. The first-order valence-corrected chi connectivity index (χ1v) is 5.91. The molecule has 1 aliphatic rings. The zero-order valence-electron chi connectivity index (χ0n) is 9.40. The molecule has 1 aliphatic heterocycles. The van der Waals surface area contributed by atoms with E-state index in [1.807, 2.05) is 4.90 Å². The van der Waals surface area contributed by atoms with Gasteiger partial charge >= 0.3 is 0 Å². The molecule has 6 nitrogen and oxygen atoms in total. The Morgan fingerprint density at radius 2 is 2.12 bits per heavy atom. The van der Waals surface area contributed by atoms with Crippen LogP contribution in [0.4, 0.5) is 5.69 Å². The van der Waals surface area contributed by atoms with E-state index in [2.05, 4.69) is 15.1 Å². The summed E-state index contributed by atoms with van der Waals surface area (Å²) in [6, 6.07) is 0. The number of aromatic amines is 1. The fraction of sp³-hybridized carbons (Fsp3) is 0.600. The number of rotatable bonds is 3. The van der Waals surface area contributed by atoms with E-state index in [4.69, 9.17) is 16.7 Å². The molecular formula is C10H15ClN4O2. The Labute approximate surface area is 104 Å². The van der Waals surface area contributed by atoms with Crippen LogP contribution in [0.3, 0.4) is 0 Å². The third-order valence-corrected chi connectivity index (χ3v) is 3.17. The van der Waals surface area contributed by atoms with Gasteiger partial charge in [0.05, 0.1) is 17.8 Å². The molecule has 2 rings (SSSR count). The van der Waals surface area contributed by atoms with Crippen LogP contribution < -0.4 is 10.5 Å². The van der Waals surface area contributed by atoms with Gasteiger partial charge in [-0.2, -0.15) is 5.10 Å². The normalized spacial score (nSPS) is 17.4. The number of nitrogens with one attached hydrogen (secondary N) is 1. The van der Waals surface area contributed by atoms with E-state index in [1.54, 1.807) is 0 Å². The lowest BCUT2D eigenvalue weighted by atomic mass is 10.3. The van der Waals surface area contributed by atoms with E-state index in [1.165, 1.54) is 6.20 Å². The second-order valence-electron chi connectivity index (χ2n) is 3.95. The van der Waals surface area contributed by atoms with Crippen LogP contribution in [-0.2, 0) is 0 Å². The minimum atomic E-state index is -0.256. The van der Waals surface area contributed by atoms with Crippen LogP contribution in [-0.4, -0.2) is 59.5 Å². The average molecular weight is 259 g/mol. The summed E-state index contributed by atoms with van der Waals surface area (Å²) in [7, 11) is 0. The largest absolute Gasteiger partial charge is 0.395 e. The lowest BCUT2D eigenvalue weighted by Gasteiger charge is -2.35. The molecule has 2 N–H and O–H groups in total. The van der Waals surface area contributed by atoms with Gasteiger partial charge in [-0.05, 0) is 0 Å². The van der Waals surface area contributed by atoms with Crippen molar-refractivity contribution >= 4 is 17.3 Å². The maximum Gasteiger partial charge on any atom is 0.289 e. The van der Waals surface area contributed by atoms with Crippen LogP contribution in [0.25, 0.3) is 0 Å². The molecule has 0 atom stereocenters. The third-order valence-electron chi connectivity index (χ3n) is 2.89.